The van der Waals surface area contributed by atoms with Crippen LogP contribution in [0, 0.1) is 11.3 Å². The molecule has 158 valence electrons. The first-order valence-corrected chi connectivity index (χ1v) is 10.9. The predicted octanol–water partition coefficient (Wildman–Crippen LogP) is 5.54. The Kier molecular flexibility index (Phi) is 6.20. The van der Waals surface area contributed by atoms with Crippen molar-refractivity contribution in [1.29, 1.82) is 5.26 Å². The number of nitriles is 1. The molecule has 1 aliphatic heterocycles. The van der Waals surface area contributed by atoms with Crippen molar-refractivity contribution in [2.45, 2.75) is 13.3 Å². The summed E-state index contributed by atoms with van der Waals surface area (Å²) in [6, 6.07) is 22.8. The van der Waals surface area contributed by atoms with E-state index in [0.717, 1.165) is 20.5 Å². The Morgan fingerprint density at radius 1 is 1.00 bits per heavy atom. The van der Waals surface area contributed by atoms with Crippen LogP contribution in [-0.2, 0) is 16.0 Å². The lowest BCUT2D eigenvalue weighted by molar-refractivity contribution is -0.140. The first kappa shape index (κ1) is 21.5. The molecule has 2 amide bonds. The van der Waals surface area contributed by atoms with Gasteiger partial charge in [0, 0.05) is 22.2 Å². The Morgan fingerprint density at radius 3 is 2.41 bits per heavy atom. The lowest BCUT2D eigenvalue weighted by atomic mass is 9.94. The van der Waals surface area contributed by atoms with Gasteiger partial charge in [-0.25, -0.2) is 0 Å². The number of hydrogen-bond acceptors (Lipinski definition) is 4. The number of rotatable bonds is 5. The van der Waals surface area contributed by atoms with Crippen LogP contribution in [0.4, 0.5) is 0 Å². The van der Waals surface area contributed by atoms with E-state index in [1.54, 1.807) is 19.1 Å². The number of amides is 2. The second-order valence-corrected chi connectivity index (χ2v) is 8.29. The van der Waals surface area contributed by atoms with E-state index in [1.165, 1.54) is 0 Å². The average Bonchev–Trinajstić information content (AvgIpc) is 3.27. The zero-order chi connectivity index (χ0) is 22.7. The van der Waals surface area contributed by atoms with E-state index in [1.807, 2.05) is 66.7 Å². The fourth-order valence-corrected chi connectivity index (χ4v) is 3.82. The van der Waals surface area contributed by atoms with Gasteiger partial charge in [-0.15, -0.1) is 0 Å². The SMILES string of the molecule is CC1=C(C#N)C(=O)N(CCc2ccccc2)C(=O)/C1=C/c1ccc(-c2ccc(Br)cc2)o1. The molecule has 0 aliphatic carbocycles. The molecule has 0 spiro atoms. The molecule has 5 nitrogen and oxygen atoms in total. The van der Waals surface area contributed by atoms with Crippen molar-refractivity contribution in [2.75, 3.05) is 6.54 Å². The molecule has 0 atom stereocenters. The van der Waals surface area contributed by atoms with Gasteiger partial charge >= 0.3 is 0 Å². The van der Waals surface area contributed by atoms with Crippen molar-refractivity contribution in [3.05, 3.63) is 99.2 Å². The molecule has 1 aliphatic rings. The second-order valence-electron chi connectivity index (χ2n) is 7.38. The molecule has 3 aromatic rings. The van der Waals surface area contributed by atoms with Crippen molar-refractivity contribution in [3.8, 4) is 17.4 Å². The van der Waals surface area contributed by atoms with Gasteiger partial charge in [-0.1, -0.05) is 58.4 Å². The van der Waals surface area contributed by atoms with Gasteiger partial charge in [0.05, 0.1) is 0 Å². The van der Waals surface area contributed by atoms with E-state index in [4.69, 9.17) is 4.42 Å². The third-order valence-electron chi connectivity index (χ3n) is 5.33. The number of halogens is 1. The zero-order valence-electron chi connectivity index (χ0n) is 17.3. The van der Waals surface area contributed by atoms with E-state index in [0.29, 0.717) is 23.5 Å². The highest BCUT2D eigenvalue weighted by atomic mass is 79.9. The van der Waals surface area contributed by atoms with Gasteiger partial charge in [-0.05, 0) is 54.8 Å². The standard InChI is InChI=1S/C26H19BrN2O3/c1-17-22(15-21-11-12-24(32-21)19-7-9-20(27)10-8-19)25(30)29(26(31)23(17)16-28)14-13-18-5-3-2-4-6-18/h2-12,15H,13-14H2,1H3/b22-15+. The molecule has 4 rings (SSSR count). The maximum Gasteiger partial charge on any atom is 0.271 e. The Bertz CT molecular complexity index is 1280. The van der Waals surface area contributed by atoms with E-state index in [9.17, 15) is 14.9 Å². The Labute approximate surface area is 194 Å². The molecule has 6 heteroatoms. The fraction of sp³-hybridized carbons (Fsp3) is 0.115. The Balaban J connectivity index is 1.64. The van der Waals surface area contributed by atoms with Crippen molar-refractivity contribution >= 4 is 33.8 Å². The molecular weight excluding hydrogens is 468 g/mol. The summed E-state index contributed by atoms with van der Waals surface area (Å²) >= 11 is 3.41. The Morgan fingerprint density at radius 2 is 1.72 bits per heavy atom. The van der Waals surface area contributed by atoms with Crippen LogP contribution in [0.15, 0.2) is 92.3 Å². The summed E-state index contributed by atoms with van der Waals surface area (Å²) in [6.45, 7) is 1.81. The monoisotopic (exact) mass is 486 g/mol. The Hall–Kier alpha value is -3.69. The molecule has 32 heavy (non-hydrogen) atoms. The summed E-state index contributed by atoms with van der Waals surface area (Å²) in [5.41, 5.74) is 2.53. The number of hydrogen-bond donors (Lipinski definition) is 0. The molecule has 2 heterocycles. The largest absolute Gasteiger partial charge is 0.457 e. The van der Waals surface area contributed by atoms with Crippen molar-refractivity contribution in [1.82, 2.24) is 4.90 Å². The van der Waals surface area contributed by atoms with Gasteiger partial charge in [0.1, 0.15) is 23.2 Å². The molecule has 0 fully saturated rings. The molecule has 1 aromatic heterocycles. The van der Waals surface area contributed by atoms with Crippen molar-refractivity contribution < 1.29 is 14.0 Å². The summed E-state index contributed by atoms with van der Waals surface area (Å²) in [5.74, 6) is 0.147. The topological polar surface area (TPSA) is 74.3 Å². The molecule has 0 saturated heterocycles. The molecule has 0 N–H and O–H groups in total. The van der Waals surface area contributed by atoms with Crippen LogP contribution in [-0.4, -0.2) is 23.3 Å². The van der Waals surface area contributed by atoms with E-state index in [2.05, 4.69) is 15.9 Å². The van der Waals surface area contributed by atoms with E-state index < -0.39 is 11.8 Å². The van der Waals surface area contributed by atoms with Crippen LogP contribution in [0.5, 0.6) is 0 Å². The number of benzene rings is 2. The highest BCUT2D eigenvalue weighted by molar-refractivity contribution is 9.10. The van der Waals surface area contributed by atoms with Gasteiger partial charge in [-0.2, -0.15) is 5.26 Å². The van der Waals surface area contributed by atoms with Gasteiger partial charge < -0.3 is 4.42 Å². The van der Waals surface area contributed by atoms with Crippen LogP contribution in [0.1, 0.15) is 18.2 Å². The number of imide groups is 1. The number of carbonyl (C=O) groups is 2. The zero-order valence-corrected chi connectivity index (χ0v) is 18.9. The molecule has 2 aromatic carbocycles. The van der Waals surface area contributed by atoms with Gasteiger partial charge in [0.25, 0.3) is 11.8 Å². The predicted molar refractivity (Wildman–Crippen MR) is 125 cm³/mol. The van der Waals surface area contributed by atoms with Crippen LogP contribution in [0.2, 0.25) is 0 Å². The maximum absolute atomic E-state index is 13.2. The molecular formula is C26H19BrN2O3. The highest BCUT2D eigenvalue weighted by Gasteiger charge is 2.35. The molecule has 0 radical (unpaired) electrons. The van der Waals surface area contributed by atoms with Gasteiger partial charge in [0.2, 0.25) is 0 Å². The van der Waals surface area contributed by atoms with Gasteiger partial charge in [-0.3, -0.25) is 14.5 Å². The first-order chi connectivity index (χ1) is 15.5. The third kappa shape index (κ3) is 4.34. The smallest absolute Gasteiger partial charge is 0.271 e. The van der Waals surface area contributed by atoms with Crippen molar-refractivity contribution in [2.24, 2.45) is 0 Å². The van der Waals surface area contributed by atoms with E-state index >= 15 is 0 Å². The average molecular weight is 487 g/mol. The molecule has 0 bridgehead atoms. The van der Waals surface area contributed by atoms with Crippen LogP contribution in [0.3, 0.4) is 0 Å². The summed E-state index contributed by atoms with van der Waals surface area (Å²) in [7, 11) is 0. The minimum Gasteiger partial charge on any atom is -0.457 e. The number of carbonyl (C=O) groups excluding carboxylic acids is 2. The normalized spacial score (nSPS) is 15.4. The summed E-state index contributed by atoms with van der Waals surface area (Å²) in [4.78, 5) is 27.1. The third-order valence-corrected chi connectivity index (χ3v) is 5.86. The molecule has 0 unspecified atom stereocenters. The second kappa shape index (κ2) is 9.21. The maximum atomic E-state index is 13.2. The number of furan rings is 1. The molecule has 0 saturated carbocycles. The van der Waals surface area contributed by atoms with Crippen molar-refractivity contribution in [3.63, 3.8) is 0 Å². The van der Waals surface area contributed by atoms with Crippen LogP contribution in [0.25, 0.3) is 17.4 Å². The lowest BCUT2D eigenvalue weighted by Gasteiger charge is -2.27. The number of nitrogens with zero attached hydrogens (tertiary/aromatic N) is 2. The summed E-state index contributed by atoms with van der Waals surface area (Å²) in [6.07, 6.45) is 2.11. The fourth-order valence-electron chi connectivity index (χ4n) is 3.56. The lowest BCUT2D eigenvalue weighted by Crippen LogP contribution is -2.43. The van der Waals surface area contributed by atoms with E-state index in [-0.39, 0.29) is 17.7 Å². The van der Waals surface area contributed by atoms with Crippen LogP contribution >= 0.6 is 15.9 Å². The first-order valence-electron chi connectivity index (χ1n) is 10.1. The van der Waals surface area contributed by atoms with Gasteiger partial charge in [0.15, 0.2) is 0 Å². The minimum absolute atomic E-state index is 0.0244. The summed E-state index contributed by atoms with van der Waals surface area (Å²) < 4.78 is 6.88. The quantitative estimate of drug-likeness (QED) is 0.350. The van der Waals surface area contributed by atoms with Crippen LogP contribution < -0.4 is 0 Å². The highest BCUT2D eigenvalue weighted by Crippen LogP contribution is 2.29. The summed E-state index contributed by atoms with van der Waals surface area (Å²) in [5, 5.41) is 9.56. The minimum atomic E-state index is -0.557.